The third-order valence-electron chi connectivity index (χ3n) is 5.91. The molecule has 0 aromatic heterocycles. The van der Waals surface area contributed by atoms with E-state index in [0.717, 1.165) is 13.4 Å². The number of aliphatic carboxylic acids is 3. The Morgan fingerprint density at radius 1 is 0.744 bits per heavy atom. The van der Waals surface area contributed by atoms with Crippen LogP contribution in [0.25, 0.3) is 0 Å². The van der Waals surface area contributed by atoms with Crippen molar-refractivity contribution < 1.29 is 44.4 Å². The van der Waals surface area contributed by atoms with Crippen LogP contribution < -0.4 is 0 Å². The van der Waals surface area contributed by atoms with E-state index in [-0.39, 0.29) is 57.9 Å². The maximum absolute atomic E-state index is 12.0. The number of carbonyl (C=O) groups excluding carboxylic acids is 2. The average Bonchev–Trinajstić information content (AvgIpc) is 2.90. The lowest BCUT2D eigenvalue weighted by molar-refractivity contribution is -0.146. The molecule has 2 atom stereocenters. The molecule has 0 amide bonds. The van der Waals surface area contributed by atoms with Crippen LogP contribution in [0, 0.1) is 0 Å². The number of nitrogens with zero attached hydrogens (tertiary/aromatic N) is 4. The second-order valence-electron chi connectivity index (χ2n) is 8.32. The molecule has 1 fully saturated rings. The molecule has 1 aliphatic rings. The summed E-state index contributed by atoms with van der Waals surface area (Å²) < 4.78 is 0. The fourth-order valence-electron chi connectivity index (χ4n) is 3.82. The lowest BCUT2D eigenvalue weighted by Crippen LogP contribution is -2.53. The minimum Gasteiger partial charge on any atom is -0.480 e. The Morgan fingerprint density at radius 3 is 1.64 bits per heavy atom. The second kappa shape index (κ2) is 25.8. The topological polar surface area (TPSA) is 179 Å². The standard InChI is InChI=1S/C21H36N4O8.2C2H6.CH4O/c1-16(27)3-4-18(21(32)33)25-10-8-23(15-19(28)29)6-5-22(13-14-26)7-9-24(11-12-25)17(2)20(30)31;3*1-2/h14,17-18H,3-13,15H2,1-2H3,(H,28,29)(H,30,31)(H,32,33);2*1-2H3;2H,1H3. The number of rotatable bonds is 11. The van der Waals surface area contributed by atoms with Crippen molar-refractivity contribution in [1.29, 1.82) is 0 Å². The summed E-state index contributed by atoms with van der Waals surface area (Å²) in [4.78, 5) is 64.4. The zero-order chi connectivity index (χ0) is 31.0. The highest BCUT2D eigenvalue weighted by molar-refractivity contribution is 5.78. The molecule has 13 heteroatoms. The summed E-state index contributed by atoms with van der Waals surface area (Å²) >= 11 is 0. The number of aliphatic hydroxyl groups excluding tert-OH is 1. The highest BCUT2D eigenvalue weighted by atomic mass is 16.4. The molecule has 0 spiro atoms. The van der Waals surface area contributed by atoms with Gasteiger partial charge in [0.2, 0.25) is 0 Å². The first-order valence-electron chi connectivity index (χ1n) is 13.5. The van der Waals surface area contributed by atoms with Gasteiger partial charge in [-0.1, -0.05) is 27.7 Å². The molecule has 4 N–H and O–H groups in total. The van der Waals surface area contributed by atoms with Crippen molar-refractivity contribution in [3.63, 3.8) is 0 Å². The highest BCUT2D eigenvalue weighted by Crippen LogP contribution is 2.11. The van der Waals surface area contributed by atoms with E-state index in [1.165, 1.54) is 6.92 Å². The van der Waals surface area contributed by atoms with Crippen molar-refractivity contribution >= 4 is 30.0 Å². The van der Waals surface area contributed by atoms with E-state index in [4.69, 9.17) is 5.11 Å². The normalized spacial score (nSPS) is 17.5. The minimum atomic E-state index is -1.08. The maximum atomic E-state index is 12.0. The smallest absolute Gasteiger partial charge is 0.320 e. The first-order valence-corrected chi connectivity index (χ1v) is 13.5. The molecule has 39 heavy (non-hydrogen) atoms. The van der Waals surface area contributed by atoms with Gasteiger partial charge in [0.25, 0.3) is 0 Å². The molecule has 0 aromatic rings. The molecule has 2 unspecified atom stereocenters. The fourth-order valence-corrected chi connectivity index (χ4v) is 3.82. The molecule has 0 aromatic carbocycles. The van der Waals surface area contributed by atoms with Gasteiger partial charge in [-0.2, -0.15) is 0 Å². The second-order valence-corrected chi connectivity index (χ2v) is 8.32. The van der Waals surface area contributed by atoms with E-state index >= 15 is 0 Å². The van der Waals surface area contributed by atoms with Gasteiger partial charge < -0.3 is 30.0 Å². The van der Waals surface area contributed by atoms with E-state index in [9.17, 15) is 39.3 Å². The molecule has 1 heterocycles. The van der Waals surface area contributed by atoms with Crippen molar-refractivity contribution in [2.75, 3.05) is 72.6 Å². The molecule has 0 aliphatic carbocycles. The average molecular weight is 565 g/mol. The molecular weight excluding hydrogens is 512 g/mol. The third-order valence-corrected chi connectivity index (χ3v) is 5.91. The summed E-state index contributed by atoms with van der Waals surface area (Å²) in [6.07, 6.45) is 0.972. The summed E-state index contributed by atoms with van der Waals surface area (Å²) in [5.41, 5.74) is 0. The van der Waals surface area contributed by atoms with E-state index in [1.807, 2.05) is 32.6 Å². The van der Waals surface area contributed by atoms with Crippen molar-refractivity contribution in [2.24, 2.45) is 0 Å². The lowest BCUT2D eigenvalue weighted by Gasteiger charge is -2.36. The monoisotopic (exact) mass is 564 g/mol. The van der Waals surface area contributed by atoms with E-state index < -0.39 is 30.0 Å². The van der Waals surface area contributed by atoms with Crippen LogP contribution in [-0.2, 0) is 24.0 Å². The summed E-state index contributed by atoms with van der Waals surface area (Å²) in [5.74, 6) is -3.22. The number of carboxylic acid groups (broad SMARTS) is 3. The molecular formula is C26H52N4O9. The SMILES string of the molecule is CC.CC.CC(=O)CCC(C(=O)O)N1CCN(CC(=O)O)CCN(CC=O)CCN(C(C)C(=O)O)CC1.CO. The van der Waals surface area contributed by atoms with Crippen LogP contribution in [0.4, 0.5) is 0 Å². The number of ketones is 1. The van der Waals surface area contributed by atoms with E-state index in [1.54, 1.807) is 21.6 Å². The van der Waals surface area contributed by atoms with Crippen LogP contribution in [0.3, 0.4) is 0 Å². The lowest BCUT2D eigenvalue weighted by atomic mass is 10.1. The molecule has 1 aliphatic heterocycles. The maximum Gasteiger partial charge on any atom is 0.320 e. The van der Waals surface area contributed by atoms with Crippen LogP contribution in [0.5, 0.6) is 0 Å². The Morgan fingerprint density at radius 2 is 1.18 bits per heavy atom. The number of carboxylic acids is 3. The van der Waals surface area contributed by atoms with Gasteiger partial charge in [0, 0.05) is 65.9 Å². The number of Topliss-reactive ketones (excluding diaryl/α,β-unsaturated/α-hetero) is 1. The van der Waals surface area contributed by atoms with Gasteiger partial charge in [0.15, 0.2) is 0 Å². The van der Waals surface area contributed by atoms with Crippen molar-refractivity contribution in [2.45, 2.75) is 66.5 Å². The van der Waals surface area contributed by atoms with Gasteiger partial charge in [-0.25, -0.2) is 0 Å². The van der Waals surface area contributed by atoms with Gasteiger partial charge >= 0.3 is 17.9 Å². The largest absolute Gasteiger partial charge is 0.480 e. The summed E-state index contributed by atoms with van der Waals surface area (Å²) in [5, 5.41) is 35.5. The first kappa shape index (κ1) is 41.0. The predicted octanol–water partition coefficient (Wildman–Crippen LogP) is 0.448. The van der Waals surface area contributed by atoms with Crippen LogP contribution in [-0.4, -0.2) is 155 Å². The van der Waals surface area contributed by atoms with Gasteiger partial charge in [-0.15, -0.1) is 0 Å². The van der Waals surface area contributed by atoms with Crippen LogP contribution >= 0.6 is 0 Å². The zero-order valence-corrected chi connectivity index (χ0v) is 24.8. The van der Waals surface area contributed by atoms with E-state index in [2.05, 4.69) is 0 Å². The third kappa shape index (κ3) is 19.3. The summed E-state index contributed by atoms with van der Waals surface area (Å²) in [7, 11) is 1.00. The predicted molar refractivity (Wildman–Crippen MR) is 149 cm³/mol. The number of aldehydes is 1. The van der Waals surface area contributed by atoms with Gasteiger partial charge in [-0.3, -0.25) is 34.0 Å². The molecule has 0 saturated carbocycles. The number of hydrogen-bond donors (Lipinski definition) is 4. The Hall–Kier alpha value is -2.45. The Kier molecular flexibility index (Phi) is 27.2. The highest BCUT2D eigenvalue weighted by Gasteiger charge is 2.29. The zero-order valence-electron chi connectivity index (χ0n) is 24.8. The number of aliphatic hydroxyl groups is 1. The molecule has 0 radical (unpaired) electrons. The Bertz CT molecular complexity index is 694. The summed E-state index contributed by atoms with van der Waals surface area (Å²) in [6.45, 7) is 13.4. The fraction of sp³-hybridized carbons (Fsp3) is 0.808. The molecule has 1 rings (SSSR count). The van der Waals surface area contributed by atoms with Crippen LogP contribution in [0.1, 0.15) is 54.4 Å². The quantitative estimate of drug-likeness (QED) is 0.254. The minimum absolute atomic E-state index is 0.0994. The van der Waals surface area contributed by atoms with Crippen LogP contribution in [0.2, 0.25) is 0 Å². The van der Waals surface area contributed by atoms with Gasteiger partial charge in [0.1, 0.15) is 24.2 Å². The van der Waals surface area contributed by atoms with Crippen molar-refractivity contribution in [3.05, 3.63) is 0 Å². The van der Waals surface area contributed by atoms with Crippen LogP contribution in [0.15, 0.2) is 0 Å². The molecule has 13 nitrogen and oxygen atoms in total. The van der Waals surface area contributed by atoms with Gasteiger partial charge in [-0.05, 0) is 20.3 Å². The van der Waals surface area contributed by atoms with Crippen molar-refractivity contribution in [3.8, 4) is 0 Å². The Balaban J connectivity index is -0.00000201. The number of hydrogen-bond acceptors (Lipinski definition) is 10. The number of carbonyl (C=O) groups is 5. The van der Waals surface area contributed by atoms with Gasteiger partial charge in [0.05, 0.1) is 13.1 Å². The van der Waals surface area contributed by atoms with Crippen molar-refractivity contribution in [1.82, 2.24) is 19.6 Å². The first-order chi connectivity index (χ1) is 18.5. The van der Waals surface area contributed by atoms with E-state index in [0.29, 0.717) is 26.2 Å². The molecule has 230 valence electrons. The molecule has 0 bridgehead atoms. The summed E-state index contributed by atoms with van der Waals surface area (Å²) in [6, 6.07) is -1.76. The molecule has 1 saturated heterocycles. The Labute approximate surface area is 233 Å².